The van der Waals surface area contributed by atoms with Crippen molar-refractivity contribution in [2.24, 2.45) is 0 Å². The van der Waals surface area contributed by atoms with Gasteiger partial charge >= 0.3 is 0 Å². The van der Waals surface area contributed by atoms with E-state index in [2.05, 4.69) is 33.3 Å². The zero-order valence-corrected chi connectivity index (χ0v) is 15.9. The average molecular weight is 353 g/mol. The van der Waals surface area contributed by atoms with Gasteiger partial charge in [0.1, 0.15) is 0 Å². The van der Waals surface area contributed by atoms with Crippen molar-refractivity contribution in [3.05, 3.63) is 0 Å². The van der Waals surface area contributed by atoms with E-state index in [9.17, 15) is 0 Å². The third-order valence-electron chi connectivity index (χ3n) is 4.37. The summed E-state index contributed by atoms with van der Waals surface area (Å²) in [7, 11) is 0. The van der Waals surface area contributed by atoms with Crippen molar-refractivity contribution >= 4 is 35.9 Å². The lowest BCUT2D eigenvalue weighted by Gasteiger charge is -2.26. The summed E-state index contributed by atoms with van der Waals surface area (Å²) >= 11 is 4.31. The molecule has 0 aliphatic carbocycles. The largest absolute Gasteiger partial charge is 0.303 e. The number of rotatable bonds is 9. The minimum Gasteiger partial charge on any atom is -0.303 e. The molecular formula is C16H33ClN2S2. The molecule has 2 aliphatic heterocycles. The predicted molar refractivity (Wildman–Crippen MR) is 102 cm³/mol. The zero-order chi connectivity index (χ0) is 13.9. The molecule has 2 heterocycles. The van der Waals surface area contributed by atoms with Gasteiger partial charge in [0.25, 0.3) is 0 Å². The molecule has 0 N–H and O–H groups in total. The maximum Gasteiger partial charge on any atom is 0.00723 e. The Labute approximate surface area is 146 Å². The number of nitrogens with zero attached hydrogens (tertiary/aromatic N) is 2. The molecular weight excluding hydrogens is 320 g/mol. The number of thioether (sulfide) groups is 2. The topological polar surface area (TPSA) is 6.48 Å². The summed E-state index contributed by atoms with van der Waals surface area (Å²) in [5.74, 6) is 5.37. The molecule has 0 amide bonds. The van der Waals surface area contributed by atoms with Crippen molar-refractivity contribution in [3.8, 4) is 0 Å². The molecule has 2 nitrogen and oxygen atoms in total. The van der Waals surface area contributed by atoms with E-state index >= 15 is 0 Å². The normalized spacial score (nSPS) is 21.1. The van der Waals surface area contributed by atoms with Crippen LogP contribution >= 0.6 is 35.9 Å². The fourth-order valence-corrected chi connectivity index (χ4v) is 5.20. The van der Waals surface area contributed by atoms with Crippen LogP contribution in [0, 0.1) is 0 Å². The van der Waals surface area contributed by atoms with Gasteiger partial charge in [0, 0.05) is 36.1 Å². The van der Waals surface area contributed by atoms with Crippen LogP contribution < -0.4 is 0 Å². The van der Waals surface area contributed by atoms with Crippen LogP contribution in [-0.4, -0.2) is 72.1 Å². The molecule has 5 heteroatoms. The minimum absolute atomic E-state index is 0. The molecule has 0 aromatic carbocycles. The molecule has 0 aromatic heterocycles. The Kier molecular flexibility index (Phi) is 12.7. The lowest BCUT2D eigenvalue weighted by molar-refractivity contribution is 0.242. The van der Waals surface area contributed by atoms with E-state index in [0.717, 1.165) is 0 Å². The molecule has 2 fully saturated rings. The maximum absolute atomic E-state index is 2.65. The molecule has 0 bridgehead atoms. The van der Waals surface area contributed by atoms with Crippen LogP contribution in [-0.2, 0) is 0 Å². The van der Waals surface area contributed by atoms with Gasteiger partial charge < -0.3 is 9.80 Å². The number of halogens is 1. The highest BCUT2D eigenvalue weighted by Gasteiger charge is 2.10. The van der Waals surface area contributed by atoms with Crippen LogP contribution in [0.25, 0.3) is 0 Å². The molecule has 2 aliphatic rings. The Morgan fingerprint density at radius 2 is 0.905 bits per heavy atom. The fourth-order valence-electron chi connectivity index (χ4n) is 3.08. The first kappa shape index (κ1) is 20.0. The third-order valence-corrected chi connectivity index (χ3v) is 6.56. The van der Waals surface area contributed by atoms with Gasteiger partial charge in [0.2, 0.25) is 0 Å². The van der Waals surface area contributed by atoms with E-state index in [1.807, 2.05) is 0 Å². The maximum atomic E-state index is 2.65. The van der Waals surface area contributed by atoms with Gasteiger partial charge in [-0.1, -0.05) is 12.8 Å². The van der Waals surface area contributed by atoms with Crippen LogP contribution in [0.3, 0.4) is 0 Å². The average Bonchev–Trinajstić information content (AvgIpc) is 2.52. The molecule has 0 unspecified atom stereocenters. The summed E-state index contributed by atoms with van der Waals surface area (Å²) in [6.07, 6.45) is 8.62. The van der Waals surface area contributed by atoms with E-state index in [-0.39, 0.29) is 12.4 Å². The monoisotopic (exact) mass is 352 g/mol. The van der Waals surface area contributed by atoms with E-state index in [1.165, 1.54) is 101 Å². The molecule has 2 rings (SSSR count). The van der Waals surface area contributed by atoms with E-state index in [1.54, 1.807) is 0 Å². The number of hydrogen-bond acceptors (Lipinski definition) is 4. The zero-order valence-electron chi connectivity index (χ0n) is 13.4. The smallest absolute Gasteiger partial charge is 0.00723 e. The van der Waals surface area contributed by atoms with Crippen LogP contribution in [0.1, 0.15) is 38.5 Å². The molecule has 126 valence electrons. The Balaban J connectivity index is 0.00000220. The highest BCUT2D eigenvalue weighted by molar-refractivity contribution is 8.02. The third kappa shape index (κ3) is 9.60. The number of piperidine rings is 2. The molecule has 2 saturated heterocycles. The molecule has 21 heavy (non-hydrogen) atoms. The van der Waals surface area contributed by atoms with Crippen LogP contribution in [0.2, 0.25) is 0 Å². The summed E-state index contributed by atoms with van der Waals surface area (Å²) in [6.45, 7) is 8.05. The van der Waals surface area contributed by atoms with E-state index in [4.69, 9.17) is 0 Å². The first-order chi connectivity index (χ1) is 9.95. The van der Waals surface area contributed by atoms with Gasteiger partial charge in [-0.15, -0.1) is 12.4 Å². The molecule has 0 atom stereocenters. The summed E-state index contributed by atoms with van der Waals surface area (Å²) in [6, 6.07) is 0. The Bertz CT molecular complexity index is 208. The lowest BCUT2D eigenvalue weighted by Crippen LogP contribution is -2.31. The standard InChI is InChI=1S/C16H32N2S2.ClH/c1-3-7-17(8-4-1)11-13-19-15-16-20-14-12-18-9-5-2-6-10-18;/h1-16H2;1H. The second kappa shape index (κ2) is 13.4. The van der Waals surface area contributed by atoms with Gasteiger partial charge in [-0.25, -0.2) is 0 Å². The van der Waals surface area contributed by atoms with Crippen LogP contribution in [0.5, 0.6) is 0 Å². The quantitative estimate of drug-likeness (QED) is 0.581. The van der Waals surface area contributed by atoms with Crippen molar-refractivity contribution in [2.75, 3.05) is 62.3 Å². The van der Waals surface area contributed by atoms with E-state index in [0.29, 0.717) is 0 Å². The summed E-state index contributed by atoms with van der Waals surface area (Å²) in [4.78, 5) is 5.31. The van der Waals surface area contributed by atoms with Crippen LogP contribution in [0.15, 0.2) is 0 Å². The van der Waals surface area contributed by atoms with Gasteiger partial charge in [-0.05, 0) is 51.9 Å². The first-order valence-corrected chi connectivity index (χ1v) is 10.9. The van der Waals surface area contributed by atoms with Gasteiger partial charge in [0.05, 0.1) is 0 Å². The Morgan fingerprint density at radius 3 is 1.29 bits per heavy atom. The summed E-state index contributed by atoms with van der Waals surface area (Å²) in [5, 5.41) is 0. The minimum atomic E-state index is 0. The second-order valence-corrected chi connectivity index (χ2v) is 8.48. The Morgan fingerprint density at radius 1 is 0.524 bits per heavy atom. The first-order valence-electron chi connectivity index (χ1n) is 8.55. The number of likely N-dealkylation sites (tertiary alicyclic amines) is 2. The van der Waals surface area contributed by atoms with Crippen molar-refractivity contribution < 1.29 is 0 Å². The fraction of sp³-hybridized carbons (Fsp3) is 1.00. The molecule has 0 radical (unpaired) electrons. The Hall–Kier alpha value is 0.910. The van der Waals surface area contributed by atoms with Crippen molar-refractivity contribution in [1.82, 2.24) is 9.80 Å². The van der Waals surface area contributed by atoms with Gasteiger partial charge in [-0.3, -0.25) is 0 Å². The summed E-state index contributed by atoms with van der Waals surface area (Å²) < 4.78 is 0. The van der Waals surface area contributed by atoms with Gasteiger partial charge in [0.15, 0.2) is 0 Å². The van der Waals surface area contributed by atoms with Gasteiger partial charge in [-0.2, -0.15) is 23.5 Å². The van der Waals surface area contributed by atoms with E-state index < -0.39 is 0 Å². The van der Waals surface area contributed by atoms with Crippen molar-refractivity contribution in [1.29, 1.82) is 0 Å². The highest BCUT2D eigenvalue weighted by Crippen LogP contribution is 2.13. The lowest BCUT2D eigenvalue weighted by atomic mass is 10.1. The SMILES string of the molecule is C1CCN(CCSCCSCCN2CCCCC2)CC1.Cl. The second-order valence-electron chi connectivity index (χ2n) is 6.03. The van der Waals surface area contributed by atoms with Crippen LogP contribution in [0.4, 0.5) is 0 Å². The predicted octanol–water partition coefficient (Wildman–Crippen LogP) is 3.85. The molecule has 0 spiro atoms. The van der Waals surface area contributed by atoms with Crippen molar-refractivity contribution in [2.45, 2.75) is 38.5 Å². The molecule has 0 aromatic rings. The van der Waals surface area contributed by atoms with Crippen molar-refractivity contribution in [3.63, 3.8) is 0 Å². The summed E-state index contributed by atoms with van der Waals surface area (Å²) in [5.41, 5.74) is 0. The number of hydrogen-bond donors (Lipinski definition) is 0. The molecule has 0 saturated carbocycles. The highest BCUT2D eigenvalue weighted by atomic mass is 35.5.